The van der Waals surface area contributed by atoms with Gasteiger partial charge in [-0.3, -0.25) is 0 Å². The van der Waals surface area contributed by atoms with E-state index < -0.39 is 5.60 Å². The van der Waals surface area contributed by atoms with E-state index >= 15 is 0 Å². The summed E-state index contributed by atoms with van der Waals surface area (Å²) in [6, 6.07) is 0.766. The van der Waals surface area contributed by atoms with Crippen LogP contribution in [0, 0.1) is 11.8 Å². The van der Waals surface area contributed by atoms with Crippen LogP contribution in [0.25, 0.3) is 0 Å². The Hall–Kier alpha value is -0.770. The van der Waals surface area contributed by atoms with Crippen LogP contribution in [0.4, 0.5) is 4.79 Å². The van der Waals surface area contributed by atoms with Crippen molar-refractivity contribution in [3.8, 4) is 0 Å². The van der Waals surface area contributed by atoms with Gasteiger partial charge in [0.25, 0.3) is 0 Å². The Balaban J connectivity index is 1.87. The monoisotopic (exact) mass is 324 g/mol. The molecule has 1 heterocycles. The number of nitrogens with one attached hydrogen (secondary N) is 1. The minimum atomic E-state index is -0.417. The lowest BCUT2D eigenvalue weighted by Gasteiger charge is -2.33. The standard InChI is InChI=1S/C19H36N2O2/c1-14-11-16(14)13-20-15(2)12-17-9-7-6-8-10-21(17)18(22)23-19(3,4)5/h14-17,20H,6-13H2,1-5H3. The molecular weight excluding hydrogens is 288 g/mol. The Kier molecular flexibility index (Phi) is 6.35. The Labute approximate surface area is 142 Å². The third-order valence-electron chi connectivity index (χ3n) is 5.14. The summed E-state index contributed by atoms with van der Waals surface area (Å²) >= 11 is 0. The minimum Gasteiger partial charge on any atom is -0.444 e. The van der Waals surface area contributed by atoms with Gasteiger partial charge in [-0.25, -0.2) is 4.79 Å². The lowest BCUT2D eigenvalue weighted by atomic mass is 10.0. The van der Waals surface area contributed by atoms with Crippen LogP contribution in [0.15, 0.2) is 0 Å². The van der Waals surface area contributed by atoms with Gasteiger partial charge in [0.2, 0.25) is 0 Å². The highest BCUT2D eigenvalue weighted by atomic mass is 16.6. The third kappa shape index (κ3) is 6.33. The number of nitrogens with zero attached hydrogens (tertiary/aromatic N) is 1. The van der Waals surface area contributed by atoms with Crippen LogP contribution in [0.1, 0.15) is 73.1 Å². The first-order chi connectivity index (χ1) is 10.8. The van der Waals surface area contributed by atoms with Gasteiger partial charge >= 0.3 is 6.09 Å². The van der Waals surface area contributed by atoms with Gasteiger partial charge in [0, 0.05) is 18.6 Å². The van der Waals surface area contributed by atoms with Gasteiger partial charge in [-0.2, -0.15) is 0 Å². The molecule has 0 aromatic carbocycles. The van der Waals surface area contributed by atoms with E-state index in [1.807, 2.05) is 25.7 Å². The Morgan fingerprint density at radius 2 is 2.00 bits per heavy atom. The molecule has 0 spiro atoms. The predicted molar refractivity (Wildman–Crippen MR) is 94.5 cm³/mol. The quantitative estimate of drug-likeness (QED) is 0.824. The van der Waals surface area contributed by atoms with Crippen molar-refractivity contribution in [3.05, 3.63) is 0 Å². The maximum Gasteiger partial charge on any atom is 0.410 e. The largest absolute Gasteiger partial charge is 0.444 e. The fourth-order valence-electron chi connectivity index (χ4n) is 3.51. The summed E-state index contributed by atoms with van der Waals surface area (Å²) in [6.07, 6.45) is 6.90. The van der Waals surface area contributed by atoms with Crippen molar-refractivity contribution in [2.45, 2.75) is 90.8 Å². The van der Waals surface area contributed by atoms with Gasteiger partial charge in [-0.15, -0.1) is 0 Å². The zero-order valence-electron chi connectivity index (χ0n) is 15.7. The number of ether oxygens (including phenoxy) is 1. The van der Waals surface area contributed by atoms with E-state index in [0.29, 0.717) is 12.1 Å². The molecule has 23 heavy (non-hydrogen) atoms. The fraction of sp³-hybridized carbons (Fsp3) is 0.947. The molecule has 1 N–H and O–H groups in total. The first-order valence-electron chi connectivity index (χ1n) is 9.49. The second-order valence-electron chi connectivity index (χ2n) is 8.69. The summed E-state index contributed by atoms with van der Waals surface area (Å²) in [4.78, 5) is 14.6. The average Bonchev–Trinajstić information content (AvgIpc) is 3.17. The van der Waals surface area contributed by atoms with E-state index in [-0.39, 0.29) is 6.09 Å². The molecule has 1 amide bonds. The van der Waals surface area contributed by atoms with Gasteiger partial charge in [0.1, 0.15) is 5.60 Å². The highest BCUT2D eigenvalue weighted by Gasteiger charge is 2.33. The first-order valence-corrected chi connectivity index (χ1v) is 9.49. The molecule has 4 nitrogen and oxygen atoms in total. The van der Waals surface area contributed by atoms with Crippen molar-refractivity contribution < 1.29 is 9.53 Å². The zero-order valence-corrected chi connectivity index (χ0v) is 15.7. The maximum absolute atomic E-state index is 12.6. The number of amides is 1. The predicted octanol–water partition coefficient (Wildman–Crippen LogP) is 4.19. The van der Waals surface area contributed by atoms with Crippen LogP contribution >= 0.6 is 0 Å². The molecule has 0 aromatic rings. The molecule has 1 aliphatic carbocycles. The number of carbonyl (C=O) groups excluding carboxylic acids is 1. The van der Waals surface area contributed by atoms with Crippen molar-refractivity contribution in [1.82, 2.24) is 10.2 Å². The first kappa shape index (κ1) is 18.6. The summed E-state index contributed by atoms with van der Waals surface area (Å²) in [5.74, 6) is 1.76. The molecule has 0 aromatic heterocycles. The van der Waals surface area contributed by atoms with Gasteiger partial charge in [-0.05, 0) is 71.8 Å². The van der Waals surface area contributed by atoms with Crippen LogP contribution in [-0.4, -0.2) is 41.8 Å². The average molecular weight is 325 g/mol. The molecule has 4 heteroatoms. The molecule has 1 saturated heterocycles. The molecule has 0 radical (unpaired) electrons. The van der Waals surface area contributed by atoms with Crippen molar-refractivity contribution in [2.24, 2.45) is 11.8 Å². The molecule has 134 valence electrons. The number of likely N-dealkylation sites (tertiary alicyclic amines) is 1. The van der Waals surface area contributed by atoms with Gasteiger partial charge in [0.05, 0.1) is 0 Å². The summed E-state index contributed by atoms with van der Waals surface area (Å²) in [7, 11) is 0. The summed E-state index contributed by atoms with van der Waals surface area (Å²) in [5, 5.41) is 3.67. The Bertz CT molecular complexity index is 391. The van der Waals surface area contributed by atoms with Crippen molar-refractivity contribution in [1.29, 1.82) is 0 Å². The molecule has 2 rings (SSSR count). The van der Waals surface area contributed by atoms with E-state index in [1.54, 1.807) is 0 Å². The van der Waals surface area contributed by atoms with Crippen LogP contribution in [0.2, 0.25) is 0 Å². The maximum atomic E-state index is 12.6. The van der Waals surface area contributed by atoms with Gasteiger partial charge in [0.15, 0.2) is 0 Å². The Morgan fingerprint density at radius 3 is 2.61 bits per heavy atom. The molecule has 0 bridgehead atoms. The van der Waals surface area contributed by atoms with E-state index in [1.165, 1.54) is 19.3 Å². The fourth-order valence-corrected chi connectivity index (χ4v) is 3.51. The smallest absolute Gasteiger partial charge is 0.410 e. The lowest BCUT2D eigenvalue weighted by molar-refractivity contribution is 0.0150. The zero-order chi connectivity index (χ0) is 17.0. The molecule has 1 saturated carbocycles. The minimum absolute atomic E-state index is 0.132. The molecule has 4 atom stereocenters. The van der Waals surface area contributed by atoms with E-state index in [2.05, 4.69) is 19.2 Å². The van der Waals surface area contributed by atoms with Crippen LogP contribution < -0.4 is 5.32 Å². The van der Waals surface area contributed by atoms with Crippen molar-refractivity contribution in [3.63, 3.8) is 0 Å². The van der Waals surface area contributed by atoms with E-state index in [0.717, 1.165) is 44.2 Å². The topological polar surface area (TPSA) is 41.6 Å². The van der Waals surface area contributed by atoms with Crippen LogP contribution in [-0.2, 0) is 4.74 Å². The molecular formula is C19H36N2O2. The van der Waals surface area contributed by atoms with Gasteiger partial charge in [-0.1, -0.05) is 19.8 Å². The second-order valence-corrected chi connectivity index (χ2v) is 8.69. The highest BCUT2D eigenvalue weighted by Crippen LogP contribution is 2.37. The van der Waals surface area contributed by atoms with Crippen molar-refractivity contribution >= 4 is 6.09 Å². The lowest BCUT2D eigenvalue weighted by Crippen LogP contribution is -2.46. The number of hydrogen-bond donors (Lipinski definition) is 1. The highest BCUT2D eigenvalue weighted by molar-refractivity contribution is 5.68. The number of hydrogen-bond acceptors (Lipinski definition) is 3. The second kappa shape index (κ2) is 7.87. The number of rotatable bonds is 5. The van der Waals surface area contributed by atoms with E-state index in [9.17, 15) is 4.79 Å². The Morgan fingerprint density at radius 1 is 1.30 bits per heavy atom. The summed E-state index contributed by atoms with van der Waals surface area (Å²) in [6.45, 7) is 12.4. The summed E-state index contributed by atoms with van der Waals surface area (Å²) in [5.41, 5.74) is -0.417. The SMILES string of the molecule is CC(CC1CCCCCN1C(=O)OC(C)(C)C)NCC1CC1C. The third-order valence-corrected chi connectivity index (χ3v) is 5.14. The normalized spacial score (nSPS) is 29.8. The van der Waals surface area contributed by atoms with Crippen LogP contribution in [0.3, 0.4) is 0 Å². The molecule has 4 unspecified atom stereocenters. The van der Waals surface area contributed by atoms with Crippen LogP contribution in [0.5, 0.6) is 0 Å². The molecule has 2 fully saturated rings. The number of carbonyl (C=O) groups is 1. The summed E-state index contributed by atoms with van der Waals surface area (Å²) < 4.78 is 5.63. The van der Waals surface area contributed by atoms with Crippen molar-refractivity contribution in [2.75, 3.05) is 13.1 Å². The van der Waals surface area contributed by atoms with Gasteiger partial charge < -0.3 is 15.0 Å². The molecule has 2 aliphatic rings. The molecule has 1 aliphatic heterocycles. The van der Waals surface area contributed by atoms with E-state index in [4.69, 9.17) is 4.74 Å².